The zero-order valence-corrected chi connectivity index (χ0v) is 21.3. The van der Waals surface area contributed by atoms with Crippen LogP contribution in [0.15, 0.2) is 120 Å². The Hall–Kier alpha value is -4.29. The second kappa shape index (κ2) is 13.1. The number of hydrogen-bond acceptors (Lipinski definition) is 4. The molecule has 0 aliphatic rings. The summed E-state index contributed by atoms with van der Waals surface area (Å²) in [6, 6.07) is 34.2. The Morgan fingerprint density at radius 1 is 0.784 bits per heavy atom. The highest BCUT2D eigenvalue weighted by molar-refractivity contribution is 8.00. The van der Waals surface area contributed by atoms with Gasteiger partial charge in [-0.15, -0.1) is 11.8 Å². The van der Waals surface area contributed by atoms with Crippen molar-refractivity contribution in [3.05, 3.63) is 126 Å². The van der Waals surface area contributed by atoms with Crippen molar-refractivity contribution in [3.63, 3.8) is 0 Å². The molecule has 0 spiro atoms. The van der Waals surface area contributed by atoms with E-state index in [-0.39, 0.29) is 11.8 Å². The average Bonchev–Trinajstić information content (AvgIpc) is 2.94. The van der Waals surface area contributed by atoms with Crippen LogP contribution in [0.1, 0.15) is 23.3 Å². The molecule has 2 amide bonds. The van der Waals surface area contributed by atoms with Crippen LogP contribution in [0.4, 0.5) is 11.4 Å². The van der Waals surface area contributed by atoms with Crippen LogP contribution in [0, 0.1) is 0 Å². The molecule has 0 radical (unpaired) electrons. The zero-order chi connectivity index (χ0) is 25.9. The maximum atomic E-state index is 13.3. The van der Waals surface area contributed by atoms with Gasteiger partial charge in [-0.05, 0) is 72.7 Å². The summed E-state index contributed by atoms with van der Waals surface area (Å²) in [5.74, 6) is 0.433. The van der Waals surface area contributed by atoms with E-state index in [4.69, 9.17) is 4.74 Å². The van der Waals surface area contributed by atoms with Crippen molar-refractivity contribution in [1.29, 1.82) is 0 Å². The van der Waals surface area contributed by atoms with Gasteiger partial charge >= 0.3 is 0 Å². The van der Waals surface area contributed by atoms with E-state index in [1.165, 1.54) is 17.8 Å². The lowest BCUT2D eigenvalue weighted by Gasteiger charge is -2.17. The molecule has 0 aliphatic carbocycles. The van der Waals surface area contributed by atoms with Gasteiger partial charge in [0.25, 0.3) is 0 Å². The average molecular weight is 509 g/mol. The third kappa shape index (κ3) is 7.85. The van der Waals surface area contributed by atoms with Gasteiger partial charge in [0, 0.05) is 22.3 Å². The molecule has 2 N–H and O–H groups in total. The minimum absolute atomic E-state index is 0.121. The number of anilines is 2. The van der Waals surface area contributed by atoms with E-state index in [1.807, 2.05) is 116 Å². The van der Waals surface area contributed by atoms with Gasteiger partial charge in [0.2, 0.25) is 11.8 Å². The van der Waals surface area contributed by atoms with Crippen LogP contribution < -0.4 is 15.4 Å². The predicted octanol–water partition coefficient (Wildman–Crippen LogP) is 7.21. The molecule has 4 aromatic rings. The number of nitrogens with one attached hydrogen (secondary N) is 2. The lowest BCUT2D eigenvalue weighted by atomic mass is 10.1. The summed E-state index contributed by atoms with van der Waals surface area (Å²) >= 11 is 1.45. The summed E-state index contributed by atoms with van der Waals surface area (Å²) < 4.78 is 5.48. The molecule has 4 rings (SSSR count). The second-order valence-corrected chi connectivity index (χ2v) is 9.29. The molecular weight excluding hydrogens is 480 g/mol. The first-order valence-electron chi connectivity index (χ1n) is 12.0. The fraction of sp³-hybridized carbons (Fsp3) is 0.0968. The van der Waals surface area contributed by atoms with Gasteiger partial charge in [0.1, 0.15) is 11.0 Å². The first-order valence-corrected chi connectivity index (χ1v) is 12.9. The molecule has 0 aromatic heterocycles. The van der Waals surface area contributed by atoms with E-state index < -0.39 is 5.25 Å². The molecule has 0 saturated heterocycles. The number of carbonyl (C=O) groups is 2. The summed E-state index contributed by atoms with van der Waals surface area (Å²) in [7, 11) is 0. The van der Waals surface area contributed by atoms with E-state index in [2.05, 4.69) is 10.6 Å². The third-order valence-electron chi connectivity index (χ3n) is 5.38. The van der Waals surface area contributed by atoms with Crippen LogP contribution in [0.25, 0.3) is 6.08 Å². The molecule has 1 atom stereocenters. The highest BCUT2D eigenvalue weighted by Gasteiger charge is 2.22. The topological polar surface area (TPSA) is 67.4 Å². The Morgan fingerprint density at radius 3 is 2.03 bits per heavy atom. The van der Waals surface area contributed by atoms with E-state index in [0.717, 1.165) is 21.8 Å². The Balaban J connectivity index is 1.42. The van der Waals surface area contributed by atoms with Crippen molar-refractivity contribution in [1.82, 2.24) is 0 Å². The van der Waals surface area contributed by atoms with Crippen molar-refractivity contribution < 1.29 is 14.3 Å². The predicted molar refractivity (Wildman–Crippen MR) is 152 cm³/mol. The third-order valence-corrected chi connectivity index (χ3v) is 6.64. The van der Waals surface area contributed by atoms with E-state index in [9.17, 15) is 9.59 Å². The van der Waals surface area contributed by atoms with Gasteiger partial charge in [0.05, 0.1) is 6.61 Å². The van der Waals surface area contributed by atoms with Crippen molar-refractivity contribution in [2.24, 2.45) is 0 Å². The fourth-order valence-corrected chi connectivity index (χ4v) is 4.61. The second-order valence-electron chi connectivity index (χ2n) is 8.11. The highest BCUT2D eigenvalue weighted by Crippen LogP contribution is 2.36. The van der Waals surface area contributed by atoms with Crippen LogP contribution in [0.5, 0.6) is 5.75 Å². The quantitative estimate of drug-likeness (QED) is 0.175. The van der Waals surface area contributed by atoms with Crippen molar-refractivity contribution >= 4 is 41.0 Å². The number of hydrogen-bond donors (Lipinski definition) is 2. The first-order chi connectivity index (χ1) is 18.1. The largest absolute Gasteiger partial charge is 0.494 e. The summed E-state index contributed by atoms with van der Waals surface area (Å²) in [5, 5.41) is 5.43. The standard InChI is InChI=1S/C31H28N2O3S/c1-2-36-27-18-14-26(15-19-27)33-31(35)30(24-11-7-4-8-12-24)37-28-20-16-25(17-21-28)32-29(34)22-13-23-9-5-3-6-10-23/h3-22,30H,2H2,1H3,(H,32,34)(H,33,35)/b22-13+. The SMILES string of the molecule is CCOc1ccc(NC(=O)C(Sc2ccc(NC(=O)/C=C/c3ccccc3)cc2)c2ccccc2)cc1. The van der Waals surface area contributed by atoms with E-state index >= 15 is 0 Å². The fourth-order valence-electron chi connectivity index (χ4n) is 3.58. The summed E-state index contributed by atoms with van der Waals surface area (Å²) in [6.45, 7) is 2.52. The Kier molecular flexibility index (Phi) is 9.16. The van der Waals surface area contributed by atoms with Crippen molar-refractivity contribution in [2.45, 2.75) is 17.1 Å². The maximum Gasteiger partial charge on any atom is 0.248 e. The maximum absolute atomic E-state index is 13.3. The number of carbonyl (C=O) groups excluding carboxylic acids is 2. The number of ether oxygens (including phenoxy) is 1. The van der Waals surface area contributed by atoms with Crippen LogP contribution in [0.3, 0.4) is 0 Å². The van der Waals surface area contributed by atoms with Crippen molar-refractivity contribution in [3.8, 4) is 5.75 Å². The molecule has 1 unspecified atom stereocenters. The number of rotatable bonds is 10. The number of thioether (sulfide) groups is 1. The van der Waals surface area contributed by atoms with Gasteiger partial charge in [0.15, 0.2) is 0 Å². The van der Waals surface area contributed by atoms with Gasteiger partial charge in [-0.2, -0.15) is 0 Å². The number of benzene rings is 4. The highest BCUT2D eigenvalue weighted by atomic mass is 32.2. The zero-order valence-electron chi connectivity index (χ0n) is 20.5. The minimum atomic E-state index is -0.456. The van der Waals surface area contributed by atoms with Gasteiger partial charge in [-0.25, -0.2) is 0 Å². The molecular formula is C31H28N2O3S. The summed E-state index contributed by atoms with van der Waals surface area (Å²) in [5.41, 5.74) is 3.25. The van der Waals surface area contributed by atoms with Crippen LogP contribution in [0.2, 0.25) is 0 Å². The molecule has 37 heavy (non-hydrogen) atoms. The van der Waals surface area contributed by atoms with Gasteiger partial charge in [-0.3, -0.25) is 9.59 Å². The lowest BCUT2D eigenvalue weighted by molar-refractivity contribution is -0.116. The molecule has 0 bridgehead atoms. The van der Waals surface area contributed by atoms with Gasteiger partial charge < -0.3 is 15.4 Å². The lowest BCUT2D eigenvalue weighted by Crippen LogP contribution is -2.19. The minimum Gasteiger partial charge on any atom is -0.494 e. The molecule has 186 valence electrons. The van der Waals surface area contributed by atoms with Crippen LogP contribution in [-0.4, -0.2) is 18.4 Å². The molecule has 6 heteroatoms. The van der Waals surface area contributed by atoms with Crippen LogP contribution in [-0.2, 0) is 9.59 Å². The van der Waals surface area contributed by atoms with Crippen LogP contribution >= 0.6 is 11.8 Å². The molecule has 4 aromatic carbocycles. The molecule has 0 saturated carbocycles. The first kappa shape index (κ1) is 25.8. The molecule has 0 heterocycles. The summed E-state index contributed by atoms with van der Waals surface area (Å²) in [6.07, 6.45) is 3.28. The van der Waals surface area contributed by atoms with Crippen molar-refractivity contribution in [2.75, 3.05) is 17.2 Å². The smallest absolute Gasteiger partial charge is 0.248 e. The number of amides is 2. The molecule has 5 nitrogen and oxygen atoms in total. The normalized spacial score (nSPS) is 11.6. The van der Waals surface area contributed by atoms with E-state index in [0.29, 0.717) is 18.0 Å². The van der Waals surface area contributed by atoms with E-state index in [1.54, 1.807) is 6.08 Å². The Bertz CT molecular complexity index is 1320. The van der Waals surface area contributed by atoms with Gasteiger partial charge in [-0.1, -0.05) is 60.7 Å². The monoisotopic (exact) mass is 508 g/mol. The molecule has 0 fully saturated rings. The summed E-state index contributed by atoms with van der Waals surface area (Å²) in [4.78, 5) is 26.5. The Labute approximate surface area is 221 Å². The Morgan fingerprint density at radius 2 is 1.38 bits per heavy atom. The molecule has 0 aliphatic heterocycles.